The van der Waals surface area contributed by atoms with E-state index < -0.39 is 26.7 Å². The molecule has 1 atom stereocenters. The van der Waals surface area contributed by atoms with Crippen LogP contribution < -0.4 is 5.73 Å². The van der Waals surface area contributed by atoms with Crippen LogP contribution in [0.25, 0.3) is 11.2 Å². The highest BCUT2D eigenvalue weighted by molar-refractivity contribution is 7.51. The molecule has 0 bridgehead atoms. The van der Waals surface area contributed by atoms with Crippen molar-refractivity contribution in [3.8, 4) is 0 Å². The Morgan fingerprint density at radius 1 is 1.45 bits per heavy atom. The third-order valence-electron chi connectivity index (χ3n) is 2.48. The van der Waals surface area contributed by atoms with E-state index >= 15 is 0 Å². The molecule has 0 saturated carbocycles. The highest BCUT2D eigenvalue weighted by Crippen LogP contribution is 2.34. The average molecular weight is 304 g/mol. The van der Waals surface area contributed by atoms with Crippen LogP contribution in [0.4, 0.5) is 10.2 Å². The molecule has 9 nitrogen and oxygen atoms in total. The summed E-state index contributed by atoms with van der Waals surface area (Å²) < 4.78 is 29.9. The second kappa shape index (κ2) is 5.80. The van der Waals surface area contributed by atoms with E-state index in [1.54, 1.807) is 0 Å². The van der Waals surface area contributed by atoms with E-state index in [0.717, 1.165) is 0 Å². The Kier molecular flexibility index (Phi) is 4.29. The standard InChI is InChI=1S/C9H13FN5O4P/c10-1-6(19-5-20(16,17)18)2-15-4-14-7-8(11)12-3-13-9(7)15/h3-4,6H,1-2,5H2,(H2,11,12,13)(H2,16,17,18)/t6-/m1/s1/i10-1. The summed E-state index contributed by atoms with van der Waals surface area (Å²) in [6, 6.07) is 0. The van der Waals surface area contributed by atoms with Gasteiger partial charge in [-0.15, -0.1) is 0 Å². The van der Waals surface area contributed by atoms with Gasteiger partial charge in [-0.1, -0.05) is 0 Å². The van der Waals surface area contributed by atoms with Gasteiger partial charge in [0.05, 0.1) is 12.9 Å². The van der Waals surface area contributed by atoms with Crippen LogP contribution >= 0.6 is 7.60 Å². The van der Waals surface area contributed by atoms with Gasteiger partial charge >= 0.3 is 7.60 Å². The number of aromatic nitrogens is 4. The van der Waals surface area contributed by atoms with E-state index in [-0.39, 0.29) is 12.4 Å². The molecule has 20 heavy (non-hydrogen) atoms. The number of nitrogens with two attached hydrogens (primary N) is 1. The zero-order valence-corrected chi connectivity index (χ0v) is 11.2. The summed E-state index contributed by atoms with van der Waals surface area (Å²) in [6.45, 7) is -0.899. The first-order chi connectivity index (χ1) is 9.40. The zero-order valence-electron chi connectivity index (χ0n) is 10.3. The van der Waals surface area contributed by atoms with Crippen LogP contribution in [0.15, 0.2) is 12.7 Å². The number of ether oxygens (including phenoxy) is 1. The lowest BCUT2D eigenvalue weighted by atomic mass is 10.4. The van der Waals surface area contributed by atoms with E-state index in [9.17, 15) is 8.96 Å². The fourth-order valence-electron chi connectivity index (χ4n) is 1.60. The van der Waals surface area contributed by atoms with Gasteiger partial charge in [-0.3, -0.25) is 4.57 Å². The summed E-state index contributed by atoms with van der Waals surface area (Å²) in [5.74, 6) is 0.196. The molecule has 0 aliphatic rings. The molecule has 2 aromatic rings. The maximum Gasteiger partial charge on any atom is 0.350 e. The van der Waals surface area contributed by atoms with Gasteiger partial charge in [-0.25, -0.2) is 19.3 Å². The van der Waals surface area contributed by atoms with Crippen LogP contribution in [0.2, 0.25) is 0 Å². The van der Waals surface area contributed by atoms with Crippen molar-refractivity contribution in [3.63, 3.8) is 0 Å². The molecule has 11 heteroatoms. The summed E-state index contributed by atoms with van der Waals surface area (Å²) in [6.07, 6.45) is 0.776. The van der Waals surface area contributed by atoms with Crippen LogP contribution in [-0.2, 0) is 15.8 Å². The van der Waals surface area contributed by atoms with E-state index in [4.69, 9.17) is 20.3 Å². The third kappa shape index (κ3) is 3.48. The molecular formula is C9H13FN5O4P. The highest BCUT2D eigenvalue weighted by atomic mass is 31.2. The van der Waals surface area contributed by atoms with Gasteiger partial charge in [0.15, 0.2) is 11.5 Å². The maximum absolute atomic E-state index is 12.8. The smallest absolute Gasteiger partial charge is 0.350 e. The number of imidazole rings is 1. The summed E-state index contributed by atoms with van der Waals surface area (Å²) in [4.78, 5) is 29.2. The number of nitrogens with zero attached hydrogens (tertiary/aromatic N) is 4. The lowest BCUT2D eigenvalue weighted by Gasteiger charge is -2.15. The Bertz CT molecular complexity index is 644. The van der Waals surface area contributed by atoms with Crippen LogP contribution in [-0.4, -0.2) is 48.4 Å². The molecule has 0 radical (unpaired) electrons. The number of hydrogen-bond donors (Lipinski definition) is 3. The van der Waals surface area contributed by atoms with E-state index in [1.807, 2.05) is 0 Å². The minimum absolute atomic E-state index is 0.00343. The van der Waals surface area contributed by atoms with Crippen molar-refractivity contribution in [3.05, 3.63) is 12.7 Å². The molecule has 2 heterocycles. The fourth-order valence-corrected chi connectivity index (χ4v) is 2.01. The van der Waals surface area contributed by atoms with Crippen molar-refractivity contribution in [2.75, 3.05) is 18.8 Å². The third-order valence-corrected chi connectivity index (χ3v) is 2.97. The largest absolute Gasteiger partial charge is 0.382 e. The number of anilines is 1. The van der Waals surface area contributed by atoms with Crippen molar-refractivity contribution in [1.82, 2.24) is 19.5 Å². The Morgan fingerprint density at radius 2 is 2.20 bits per heavy atom. The summed E-state index contributed by atoms with van der Waals surface area (Å²) in [7, 11) is -4.34. The normalized spacial score (nSPS) is 13.8. The monoisotopic (exact) mass is 304 g/mol. The second-order valence-corrected chi connectivity index (χ2v) is 5.65. The fraction of sp³-hybridized carbons (Fsp3) is 0.444. The number of nitrogen functional groups attached to an aromatic ring is 1. The summed E-state index contributed by atoms with van der Waals surface area (Å²) >= 11 is 0. The first kappa shape index (κ1) is 14.8. The van der Waals surface area contributed by atoms with Crippen molar-refractivity contribution in [2.45, 2.75) is 12.6 Å². The van der Waals surface area contributed by atoms with Gasteiger partial charge in [0.25, 0.3) is 0 Å². The zero-order chi connectivity index (χ0) is 14.8. The van der Waals surface area contributed by atoms with Gasteiger partial charge in [-0.2, -0.15) is 0 Å². The molecule has 0 aromatic carbocycles. The van der Waals surface area contributed by atoms with E-state index in [1.165, 1.54) is 17.2 Å². The predicted molar refractivity (Wildman–Crippen MR) is 67.5 cm³/mol. The van der Waals surface area contributed by atoms with Crippen molar-refractivity contribution >= 4 is 24.6 Å². The molecule has 0 unspecified atom stereocenters. The van der Waals surface area contributed by atoms with Crippen LogP contribution in [0.3, 0.4) is 0 Å². The number of fused-ring (bicyclic) bond motifs is 1. The molecule has 110 valence electrons. The Balaban J connectivity index is 2.14. The number of hydrogen-bond acceptors (Lipinski definition) is 6. The summed E-state index contributed by atoms with van der Waals surface area (Å²) in [5, 5.41) is 0. The van der Waals surface area contributed by atoms with Crippen LogP contribution in [0.5, 0.6) is 0 Å². The predicted octanol–water partition coefficient (Wildman–Crippen LogP) is -0.102. The quantitative estimate of drug-likeness (QED) is 0.629. The topological polar surface area (TPSA) is 136 Å². The van der Waals surface area contributed by atoms with E-state index in [0.29, 0.717) is 11.2 Å². The molecular weight excluding hydrogens is 291 g/mol. The van der Waals surface area contributed by atoms with Crippen molar-refractivity contribution in [2.24, 2.45) is 0 Å². The Labute approximate surface area is 112 Å². The van der Waals surface area contributed by atoms with Gasteiger partial charge in [0.1, 0.15) is 31.0 Å². The molecule has 0 spiro atoms. The molecule has 2 aromatic heterocycles. The molecule has 0 amide bonds. The maximum atomic E-state index is 12.8. The van der Waals surface area contributed by atoms with Crippen LogP contribution in [0, 0.1) is 0 Å². The van der Waals surface area contributed by atoms with Crippen molar-refractivity contribution in [1.29, 1.82) is 0 Å². The SMILES string of the molecule is Nc1ncnc2c1ncn2C[C@@H](C[18F])OCP(=O)(O)O. The molecule has 2 rings (SSSR count). The van der Waals surface area contributed by atoms with Gasteiger partial charge in [0.2, 0.25) is 0 Å². The van der Waals surface area contributed by atoms with Crippen molar-refractivity contribution < 1.29 is 23.5 Å². The molecule has 0 aliphatic carbocycles. The lowest BCUT2D eigenvalue weighted by molar-refractivity contribution is 0.0445. The highest BCUT2D eigenvalue weighted by Gasteiger charge is 2.19. The number of halogens is 1. The molecule has 4 N–H and O–H groups in total. The number of rotatable bonds is 6. The molecule has 0 saturated heterocycles. The number of alkyl halides is 1. The minimum atomic E-state index is -4.34. The van der Waals surface area contributed by atoms with Gasteiger partial charge in [-0.05, 0) is 0 Å². The second-order valence-electron chi connectivity index (χ2n) is 4.06. The molecule has 0 fully saturated rings. The van der Waals surface area contributed by atoms with Gasteiger partial charge < -0.3 is 24.8 Å². The van der Waals surface area contributed by atoms with Crippen LogP contribution in [0.1, 0.15) is 0 Å². The minimum Gasteiger partial charge on any atom is -0.382 e. The first-order valence-corrected chi connectivity index (χ1v) is 7.34. The first-order valence-electron chi connectivity index (χ1n) is 5.54. The van der Waals surface area contributed by atoms with E-state index in [2.05, 4.69) is 15.0 Å². The lowest BCUT2D eigenvalue weighted by Crippen LogP contribution is -2.22. The Morgan fingerprint density at radius 3 is 2.85 bits per heavy atom. The molecule has 0 aliphatic heterocycles. The Hall–Kier alpha value is -1.61. The summed E-state index contributed by atoms with van der Waals surface area (Å²) in [5.41, 5.74) is 6.39. The average Bonchev–Trinajstić information content (AvgIpc) is 2.78. The van der Waals surface area contributed by atoms with Gasteiger partial charge in [0, 0.05) is 0 Å².